The van der Waals surface area contributed by atoms with E-state index in [1.807, 2.05) is 18.2 Å². The molecule has 2 amide bonds. The summed E-state index contributed by atoms with van der Waals surface area (Å²) in [5, 5.41) is 16.7. The van der Waals surface area contributed by atoms with Crippen molar-refractivity contribution in [1.82, 2.24) is 10.3 Å². The average molecular weight is 399 g/mol. The number of hydrogen-bond donors (Lipinski definition) is 3. The summed E-state index contributed by atoms with van der Waals surface area (Å²) in [5.41, 5.74) is 2.50. The summed E-state index contributed by atoms with van der Waals surface area (Å²) in [6.07, 6.45) is 6.99. The van der Waals surface area contributed by atoms with E-state index < -0.39 is 0 Å². The maximum atomic E-state index is 12.6. The first kappa shape index (κ1) is 19.9. The molecule has 7 heteroatoms. The molecule has 0 bridgehead atoms. The monoisotopic (exact) mass is 398 g/mol. The number of anilines is 2. The third kappa shape index (κ3) is 4.46. The molecule has 2 saturated heterocycles. The Morgan fingerprint density at radius 3 is 2.72 bits per heavy atom. The first-order valence-corrected chi connectivity index (χ1v) is 10.6. The second-order valence-corrected chi connectivity index (χ2v) is 8.16. The highest BCUT2D eigenvalue weighted by atomic mass is 16.5. The molecule has 7 nitrogen and oxygen atoms in total. The minimum absolute atomic E-state index is 0.0496. The molecule has 2 aromatic rings. The first-order chi connectivity index (χ1) is 14.2. The van der Waals surface area contributed by atoms with E-state index in [1.54, 1.807) is 6.20 Å². The lowest BCUT2D eigenvalue weighted by Gasteiger charge is -2.35. The van der Waals surface area contributed by atoms with Gasteiger partial charge in [-0.3, -0.25) is 4.98 Å². The molecule has 29 heavy (non-hydrogen) atoms. The predicted molar refractivity (Wildman–Crippen MR) is 114 cm³/mol. The van der Waals surface area contributed by atoms with Gasteiger partial charge >= 0.3 is 6.03 Å². The van der Waals surface area contributed by atoms with Crippen LogP contribution < -0.4 is 15.5 Å². The number of aliphatic hydroxyl groups is 1. The fourth-order valence-electron chi connectivity index (χ4n) is 4.29. The number of aromatic nitrogens is 1. The van der Waals surface area contributed by atoms with Gasteiger partial charge in [-0.25, -0.2) is 4.79 Å². The van der Waals surface area contributed by atoms with Crippen LogP contribution in [0.3, 0.4) is 0 Å². The third-order valence-electron chi connectivity index (χ3n) is 6.21. The molecule has 0 saturated carbocycles. The van der Waals surface area contributed by atoms with Crippen LogP contribution in [0.5, 0.6) is 0 Å². The Hall–Kier alpha value is -2.38. The molecule has 2 fully saturated rings. The zero-order valence-electron chi connectivity index (χ0n) is 16.8. The summed E-state index contributed by atoms with van der Waals surface area (Å²) < 4.78 is 5.39. The van der Waals surface area contributed by atoms with E-state index in [-0.39, 0.29) is 18.1 Å². The van der Waals surface area contributed by atoms with Gasteiger partial charge in [0.15, 0.2) is 0 Å². The zero-order valence-corrected chi connectivity index (χ0v) is 16.8. The number of nitrogens with zero attached hydrogens (tertiary/aromatic N) is 2. The quantitative estimate of drug-likeness (QED) is 0.720. The van der Waals surface area contributed by atoms with Crippen molar-refractivity contribution in [3.05, 3.63) is 30.5 Å². The van der Waals surface area contributed by atoms with Crippen LogP contribution >= 0.6 is 0 Å². The molecule has 2 aliphatic rings. The smallest absolute Gasteiger partial charge is 0.319 e. The van der Waals surface area contributed by atoms with Crippen molar-refractivity contribution in [3.8, 4) is 0 Å². The van der Waals surface area contributed by atoms with Crippen LogP contribution in [0.4, 0.5) is 16.2 Å². The number of nitrogens with one attached hydrogen (secondary N) is 2. The van der Waals surface area contributed by atoms with Gasteiger partial charge in [0.05, 0.1) is 23.5 Å². The Bertz CT molecular complexity index is 845. The van der Waals surface area contributed by atoms with Crippen molar-refractivity contribution in [2.24, 2.45) is 5.41 Å². The van der Waals surface area contributed by atoms with Gasteiger partial charge < -0.3 is 25.4 Å². The molecule has 0 aliphatic carbocycles. The van der Waals surface area contributed by atoms with Crippen LogP contribution in [0, 0.1) is 5.41 Å². The maximum absolute atomic E-state index is 12.6. The number of aliphatic hydroxyl groups excluding tert-OH is 1. The number of piperidine rings is 1. The van der Waals surface area contributed by atoms with Crippen molar-refractivity contribution < 1.29 is 14.6 Å². The molecule has 3 N–H and O–H groups in total. The minimum Gasteiger partial charge on any atom is -0.396 e. The topological polar surface area (TPSA) is 86.7 Å². The third-order valence-corrected chi connectivity index (χ3v) is 6.21. The van der Waals surface area contributed by atoms with Crippen molar-refractivity contribution in [1.29, 1.82) is 0 Å². The lowest BCUT2D eigenvalue weighted by molar-refractivity contribution is -0.0136. The highest BCUT2D eigenvalue weighted by Crippen LogP contribution is 2.32. The predicted octanol–water partition coefficient (Wildman–Crippen LogP) is 3.14. The van der Waals surface area contributed by atoms with Gasteiger partial charge in [0.2, 0.25) is 0 Å². The van der Waals surface area contributed by atoms with Gasteiger partial charge in [0.25, 0.3) is 0 Å². The van der Waals surface area contributed by atoms with E-state index in [0.717, 1.165) is 48.2 Å². The summed E-state index contributed by atoms with van der Waals surface area (Å²) in [6.45, 7) is 3.82. The second kappa shape index (κ2) is 8.97. The van der Waals surface area contributed by atoms with E-state index in [9.17, 15) is 9.90 Å². The van der Waals surface area contributed by atoms with E-state index in [4.69, 9.17) is 4.74 Å². The normalized spacial score (nSPS) is 19.1. The molecule has 156 valence electrons. The molecule has 2 aliphatic heterocycles. The first-order valence-electron chi connectivity index (χ1n) is 10.6. The van der Waals surface area contributed by atoms with Crippen molar-refractivity contribution in [2.75, 3.05) is 49.7 Å². The van der Waals surface area contributed by atoms with Gasteiger partial charge in [-0.2, -0.15) is 0 Å². The summed E-state index contributed by atoms with van der Waals surface area (Å²) in [4.78, 5) is 19.6. The SMILES string of the molecule is O=C(NCC1(CO)CCOCC1)Nc1ccc(N2CCCCC2)c2ncccc12. The second-order valence-electron chi connectivity index (χ2n) is 8.16. The molecule has 0 atom stereocenters. The van der Waals surface area contributed by atoms with Crippen LogP contribution in [0.1, 0.15) is 32.1 Å². The van der Waals surface area contributed by atoms with Crippen LogP contribution in [0.15, 0.2) is 30.5 Å². The number of pyridine rings is 1. The fourth-order valence-corrected chi connectivity index (χ4v) is 4.29. The minimum atomic E-state index is -0.294. The molecular weight excluding hydrogens is 368 g/mol. The molecule has 3 heterocycles. The molecule has 0 spiro atoms. The van der Waals surface area contributed by atoms with Crippen molar-refractivity contribution >= 4 is 28.3 Å². The lowest BCUT2D eigenvalue weighted by atomic mass is 9.81. The Balaban J connectivity index is 1.48. The Morgan fingerprint density at radius 2 is 1.97 bits per heavy atom. The van der Waals surface area contributed by atoms with Gasteiger partial charge in [-0.05, 0) is 56.4 Å². The van der Waals surface area contributed by atoms with Crippen LogP contribution in [-0.2, 0) is 4.74 Å². The maximum Gasteiger partial charge on any atom is 0.319 e. The molecule has 0 unspecified atom stereocenters. The number of carbonyl (C=O) groups is 1. The van der Waals surface area contributed by atoms with Gasteiger partial charge in [0, 0.05) is 49.8 Å². The lowest BCUT2D eigenvalue weighted by Crippen LogP contribution is -2.44. The molecule has 0 radical (unpaired) electrons. The van der Waals surface area contributed by atoms with Crippen molar-refractivity contribution in [3.63, 3.8) is 0 Å². The number of benzene rings is 1. The Labute approximate surface area is 171 Å². The number of carbonyl (C=O) groups excluding carboxylic acids is 1. The highest BCUT2D eigenvalue weighted by molar-refractivity contribution is 6.04. The number of ether oxygens (including phenoxy) is 1. The summed E-state index contributed by atoms with van der Waals surface area (Å²) in [7, 11) is 0. The molecule has 4 rings (SSSR count). The molecule has 1 aromatic heterocycles. The number of rotatable bonds is 5. The molecule has 1 aromatic carbocycles. The standard InChI is InChI=1S/C22H30N4O3/c27-16-22(8-13-29-14-9-22)15-24-21(28)25-18-6-7-19(26-11-2-1-3-12-26)20-17(18)5-4-10-23-20/h4-7,10,27H,1-3,8-9,11-16H2,(H2,24,25,28). The van der Waals surface area contributed by atoms with Crippen LogP contribution in [0.2, 0.25) is 0 Å². The number of fused-ring (bicyclic) bond motifs is 1. The van der Waals surface area contributed by atoms with Gasteiger partial charge in [0.1, 0.15) is 0 Å². The summed E-state index contributed by atoms with van der Waals surface area (Å²) in [5.74, 6) is 0. The van der Waals surface area contributed by atoms with Crippen molar-refractivity contribution in [2.45, 2.75) is 32.1 Å². The van der Waals surface area contributed by atoms with Crippen LogP contribution in [-0.4, -0.2) is 55.6 Å². The largest absolute Gasteiger partial charge is 0.396 e. The van der Waals surface area contributed by atoms with Gasteiger partial charge in [-0.1, -0.05) is 0 Å². The fraction of sp³-hybridized carbons (Fsp3) is 0.545. The van der Waals surface area contributed by atoms with Gasteiger partial charge in [-0.15, -0.1) is 0 Å². The number of hydrogen-bond acceptors (Lipinski definition) is 5. The van der Waals surface area contributed by atoms with E-state index in [2.05, 4.69) is 26.6 Å². The Kier molecular flexibility index (Phi) is 6.16. The van der Waals surface area contributed by atoms with E-state index in [0.29, 0.717) is 19.8 Å². The highest BCUT2D eigenvalue weighted by Gasteiger charge is 2.32. The summed E-state index contributed by atoms with van der Waals surface area (Å²) in [6, 6.07) is 7.65. The van der Waals surface area contributed by atoms with E-state index in [1.165, 1.54) is 19.3 Å². The number of urea groups is 1. The number of amides is 2. The average Bonchev–Trinajstić information content (AvgIpc) is 2.79. The molecular formula is C22H30N4O3. The summed E-state index contributed by atoms with van der Waals surface area (Å²) >= 11 is 0. The van der Waals surface area contributed by atoms with Crippen LogP contribution in [0.25, 0.3) is 10.9 Å². The zero-order chi connectivity index (χ0) is 20.1. The Morgan fingerprint density at radius 1 is 1.17 bits per heavy atom. The van der Waals surface area contributed by atoms with E-state index >= 15 is 0 Å².